The monoisotopic (exact) mass is 351 g/mol. The molecule has 7 heteroatoms. The van der Waals surface area contributed by atoms with Crippen LogP contribution in [0.25, 0.3) is 0 Å². The van der Waals surface area contributed by atoms with Crippen LogP contribution in [-0.4, -0.2) is 59.1 Å². The van der Waals surface area contributed by atoms with E-state index in [0.717, 1.165) is 5.56 Å². The number of Topliss-reactive ketones (excluding diaryl/α,β-unsaturated/α-hetero) is 1. The third-order valence-corrected chi connectivity index (χ3v) is 5.42. The standard InChI is InChI=1S/C17H25N3O3S/c1-13(12-18-2)16(21)15(14-6-4-3-5-7-14)19-17(22)20-8-10-24(23)11-9-20/h3-7,13,15,18H,8-12H2,1-2H3,(H,19,22). The van der Waals surface area contributed by atoms with Gasteiger partial charge in [0.15, 0.2) is 5.78 Å². The molecule has 24 heavy (non-hydrogen) atoms. The van der Waals surface area contributed by atoms with Gasteiger partial charge in [-0.3, -0.25) is 9.00 Å². The number of urea groups is 1. The van der Waals surface area contributed by atoms with Gasteiger partial charge in [0.2, 0.25) is 0 Å². The summed E-state index contributed by atoms with van der Waals surface area (Å²) < 4.78 is 11.4. The molecule has 1 aromatic carbocycles. The van der Waals surface area contributed by atoms with Crippen molar-refractivity contribution >= 4 is 22.6 Å². The maximum absolute atomic E-state index is 12.8. The summed E-state index contributed by atoms with van der Waals surface area (Å²) in [5, 5.41) is 5.87. The van der Waals surface area contributed by atoms with Crippen LogP contribution in [0, 0.1) is 5.92 Å². The second kappa shape index (κ2) is 8.94. The first-order chi connectivity index (χ1) is 11.5. The average molecular weight is 351 g/mol. The number of hydrogen-bond donors (Lipinski definition) is 2. The second-order valence-corrected chi connectivity index (χ2v) is 7.69. The van der Waals surface area contributed by atoms with Gasteiger partial charge in [0.25, 0.3) is 0 Å². The van der Waals surface area contributed by atoms with Crippen LogP contribution in [-0.2, 0) is 15.6 Å². The van der Waals surface area contributed by atoms with Gasteiger partial charge in [-0.1, -0.05) is 37.3 Å². The number of amides is 2. The molecule has 1 heterocycles. The molecule has 2 unspecified atom stereocenters. The Kier molecular flexibility index (Phi) is 6.93. The Morgan fingerprint density at radius 2 is 1.83 bits per heavy atom. The van der Waals surface area contributed by atoms with Crippen LogP contribution < -0.4 is 10.6 Å². The third-order valence-electron chi connectivity index (χ3n) is 4.15. The van der Waals surface area contributed by atoms with E-state index in [-0.39, 0.29) is 17.7 Å². The molecule has 0 aromatic heterocycles. The fourth-order valence-electron chi connectivity index (χ4n) is 2.71. The molecule has 132 valence electrons. The minimum atomic E-state index is -0.842. The molecule has 1 saturated heterocycles. The highest BCUT2D eigenvalue weighted by Crippen LogP contribution is 2.18. The quantitative estimate of drug-likeness (QED) is 0.799. The average Bonchev–Trinajstić information content (AvgIpc) is 2.60. The van der Waals surface area contributed by atoms with Crippen LogP contribution in [0.3, 0.4) is 0 Å². The predicted molar refractivity (Wildman–Crippen MR) is 95.3 cm³/mol. The summed E-state index contributed by atoms with van der Waals surface area (Å²) >= 11 is 0. The molecule has 1 aromatic rings. The number of benzene rings is 1. The summed E-state index contributed by atoms with van der Waals surface area (Å²) in [6.07, 6.45) is 0. The van der Waals surface area contributed by atoms with Crippen molar-refractivity contribution in [3.63, 3.8) is 0 Å². The zero-order valence-electron chi connectivity index (χ0n) is 14.2. The Morgan fingerprint density at radius 1 is 1.21 bits per heavy atom. The molecule has 2 rings (SSSR count). The summed E-state index contributed by atoms with van der Waals surface area (Å²) in [6.45, 7) is 3.33. The van der Waals surface area contributed by atoms with E-state index in [1.54, 1.807) is 11.9 Å². The number of rotatable bonds is 6. The number of nitrogens with zero attached hydrogens (tertiary/aromatic N) is 1. The van der Waals surface area contributed by atoms with Crippen molar-refractivity contribution in [3.8, 4) is 0 Å². The smallest absolute Gasteiger partial charge is 0.318 e. The molecule has 6 nitrogen and oxygen atoms in total. The second-order valence-electron chi connectivity index (χ2n) is 5.99. The SMILES string of the molecule is CNCC(C)C(=O)C(NC(=O)N1CCS(=O)CC1)c1ccccc1. The van der Waals surface area contributed by atoms with Crippen LogP contribution in [0.1, 0.15) is 18.5 Å². The molecule has 2 N–H and O–H groups in total. The Balaban J connectivity index is 2.12. The topological polar surface area (TPSA) is 78.5 Å². The van der Waals surface area contributed by atoms with Crippen LogP contribution >= 0.6 is 0 Å². The molecule has 0 saturated carbocycles. The van der Waals surface area contributed by atoms with E-state index in [9.17, 15) is 13.8 Å². The van der Waals surface area contributed by atoms with Gasteiger partial charge in [-0.25, -0.2) is 4.79 Å². The number of nitrogens with one attached hydrogen (secondary N) is 2. The van der Waals surface area contributed by atoms with Gasteiger partial charge >= 0.3 is 6.03 Å². The lowest BCUT2D eigenvalue weighted by molar-refractivity contribution is -0.124. The Labute approximate surface area is 145 Å². The summed E-state index contributed by atoms with van der Waals surface area (Å²) in [7, 11) is 0.958. The Morgan fingerprint density at radius 3 is 2.42 bits per heavy atom. The van der Waals surface area contributed by atoms with Gasteiger partial charge in [-0.15, -0.1) is 0 Å². The predicted octanol–water partition coefficient (Wildman–Crippen LogP) is 0.926. The van der Waals surface area contributed by atoms with E-state index in [2.05, 4.69) is 10.6 Å². The highest BCUT2D eigenvalue weighted by Gasteiger charge is 2.29. The van der Waals surface area contributed by atoms with Crippen molar-refractivity contribution in [1.29, 1.82) is 0 Å². The molecular formula is C17H25N3O3S. The van der Waals surface area contributed by atoms with Crippen molar-refractivity contribution in [2.75, 3.05) is 38.2 Å². The highest BCUT2D eigenvalue weighted by molar-refractivity contribution is 7.85. The normalized spacial score (nSPS) is 18.0. The van der Waals surface area contributed by atoms with Crippen LogP contribution in [0.15, 0.2) is 30.3 Å². The van der Waals surface area contributed by atoms with E-state index < -0.39 is 16.8 Å². The highest BCUT2D eigenvalue weighted by atomic mass is 32.2. The fraction of sp³-hybridized carbons (Fsp3) is 0.529. The minimum absolute atomic E-state index is 0.0236. The zero-order chi connectivity index (χ0) is 17.5. The molecule has 0 radical (unpaired) electrons. The lowest BCUT2D eigenvalue weighted by Crippen LogP contribution is -2.49. The number of carbonyl (C=O) groups excluding carboxylic acids is 2. The fourth-order valence-corrected chi connectivity index (χ4v) is 3.76. The maximum atomic E-state index is 12.8. The van der Waals surface area contributed by atoms with E-state index in [1.165, 1.54) is 0 Å². The molecule has 1 aliphatic heterocycles. The van der Waals surface area contributed by atoms with Gasteiger partial charge in [0, 0.05) is 47.9 Å². The number of carbonyl (C=O) groups is 2. The van der Waals surface area contributed by atoms with Crippen molar-refractivity contribution in [2.45, 2.75) is 13.0 Å². The van der Waals surface area contributed by atoms with E-state index in [0.29, 0.717) is 31.1 Å². The van der Waals surface area contributed by atoms with Crippen molar-refractivity contribution < 1.29 is 13.8 Å². The van der Waals surface area contributed by atoms with Gasteiger partial charge < -0.3 is 15.5 Å². The van der Waals surface area contributed by atoms with Gasteiger partial charge in [0.05, 0.1) is 0 Å². The van der Waals surface area contributed by atoms with Crippen molar-refractivity contribution in [1.82, 2.24) is 15.5 Å². The molecule has 0 aliphatic carbocycles. The lowest BCUT2D eigenvalue weighted by Gasteiger charge is -2.29. The van der Waals surface area contributed by atoms with Gasteiger partial charge in [0.1, 0.15) is 6.04 Å². The molecule has 2 atom stereocenters. The number of hydrogen-bond acceptors (Lipinski definition) is 4. The third kappa shape index (κ3) is 4.88. The Bertz CT molecular complexity index is 584. The summed E-state index contributed by atoms with van der Waals surface area (Å²) in [6, 6.07) is 8.34. The first-order valence-corrected chi connectivity index (χ1v) is 9.65. The largest absolute Gasteiger partial charge is 0.324 e. The summed E-state index contributed by atoms with van der Waals surface area (Å²) in [4.78, 5) is 26.9. The molecule has 0 spiro atoms. The first-order valence-electron chi connectivity index (χ1n) is 8.16. The minimum Gasteiger partial charge on any atom is -0.324 e. The van der Waals surface area contributed by atoms with Crippen molar-refractivity contribution in [3.05, 3.63) is 35.9 Å². The molecule has 1 aliphatic rings. The zero-order valence-corrected chi connectivity index (χ0v) is 15.0. The molecule has 1 fully saturated rings. The lowest BCUT2D eigenvalue weighted by atomic mass is 9.94. The van der Waals surface area contributed by atoms with Crippen LogP contribution in [0.5, 0.6) is 0 Å². The molecule has 2 amide bonds. The van der Waals surface area contributed by atoms with Crippen LogP contribution in [0.2, 0.25) is 0 Å². The molecule has 0 bridgehead atoms. The van der Waals surface area contributed by atoms with E-state index in [1.807, 2.05) is 37.3 Å². The summed E-state index contributed by atoms with van der Waals surface area (Å²) in [5.74, 6) is 0.750. The molecular weight excluding hydrogens is 326 g/mol. The number of ketones is 1. The summed E-state index contributed by atoms with van der Waals surface area (Å²) in [5.41, 5.74) is 0.777. The van der Waals surface area contributed by atoms with E-state index >= 15 is 0 Å². The van der Waals surface area contributed by atoms with Gasteiger partial charge in [-0.2, -0.15) is 0 Å². The van der Waals surface area contributed by atoms with E-state index in [4.69, 9.17) is 0 Å². The Hall–Kier alpha value is -1.73. The van der Waals surface area contributed by atoms with Crippen LogP contribution in [0.4, 0.5) is 4.79 Å². The first kappa shape index (κ1) is 18.6. The maximum Gasteiger partial charge on any atom is 0.318 e. The van der Waals surface area contributed by atoms with Gasteiger partial charge in [-0.05, 0) is 12.6 Å². The van der Waals surface area contributed by atoms with Crippen molar-refractivity contribution in [2.24, 2.45) is 5.92 Å².